The summed E-state index contributed by atoms with van der Waals surface area (Å²) in [5.41, 5.74) is 8.79. The number of nitrogens with zero attached hydrogens (tertiary/aromatic N) is 1. The van der Waals surface area contributed by atoms with Gasteiger partial charge in [0, 0.05) is 15.9 Å². The summed E-state index contributed by atoms with van der Waals surface area (Å²) in [5.74, 6) is 0.906. The SMILES string of the molecule is CC(CC1CC1)Nc1c(N)cnc2ccc(Br)cc12. The molecule has 1 aliphatic carbocycles. The number of benzene rings is 1. The van der Waals surface area contributed by atoms with E-state index in [2.05, 4.69) is 39.2 Å². The second kappa shape index (κ2) is 5.00. The summed E-state index contributed by atoms with van der Waals surface area (Å²) in [6.45, 7) is 2.22. The Morgan fingerprint density at radius 3 is 3.00 bits per heavy atom. The Bertz CT molecular complexity index is 602. The van der Waals surface area contributed by atoms with Crippen LogP contribution in [0.1, 0.15) is 26.2 Å². The van der Waals surface area contributed by atoms with Gasteiger partial charge >= 0.3 is 0 Å². The molecule has 0 radical (unpaired) electrons. The lowest BCUT2D eigenvalue weighted by atomic mass is 10.1. The van der Waals surface area contributed by atoms with Crippen molar-refractivity contribution in [2.75, 3.05) is 11.1 Å². The van der Waals surface area contributed by atoms with E-state index < -0.39 is 0 Å². The summed E-state index contributed by atoms with van der Waals surface area (Å²) in [4.78, 5) is 4.38. The molecule has 1 aromatic heterocycles. The zero-order chi connectivity index (χ0) is 13.4. The van der Waals surface area contributed by atoms with Crippen LogP contribution in [0.5, 0.6) is 0 Å². The van der Waals surface area contributed by atoms with E-state index in [-0.39, 0.29) is 0 Å². The lowest BCUT2D eigenvalue weighted by Gasteiger charge is -2.18. The quantitative estimate of drug-likeness (QED) is 0.888. The fourth-order valence-electron chi connectivity index (χ4n) is 2.50. The normalized spacial score (nSPS) is 16.5. The van der Waals surface area contributed by atoms with Gasteiger partial charge in [-0.3, -0.25) is 4.98 Å². The van der Waals surface area contributed by atoms with Crippen molar-refractivity contribution in [3.8, 4) is 0 Å². The maximum atomic E-state index is 6.09. The van der Waals surface area contributed by atoms with Gasteiger partial charge in [-0.05, 0) is 37.5 Å². The Labute approximate surface area is 121 Å². The summed E-state index contributed by atoms with van der Waals surface area (Å²) in [6, 6.07) is 6.53. The minimum absolute atomic E-state index is 0.444. The monoisotopic (exact) mass is 319 g/mol. The van der Waals surface area contributed by atoms with Gasteiger partial charge in [-0.2, -0.15) is 0 Å². The van der Waals surface area contributed by atoms with Crippen molar-refractivity contribution in [1.82, 2.24) is 4.98 Å². The minimum atomic E-state index is 0.444. The largest absolute Gasteiger partial charge is 0.396 e. The van der Waals surface area contributed by atoms with Crippen LogP contribution in [0.15, 0.2) is 28.9 Å². The zero-order valence-electron chi connectivity index (χ0n) is 11.0. The number of hydrogen-bond acceptors (Lipinski definition) is 3. The molecule has 0 aliphatic heterocycles. The third-order valence-electron chi connectivity index (χ3n) is 3.63. The van der Waals surface area contributed by atoms with Gasteiger partial charge in [-0.25, -0.2) is 0 Å². The third kappa shape index (κ3) is 2.84. The number of nitrogens with two attached hydrogens (primary N) is 1. The number of fused-ring (bicyclic) bond motifs is 1. The van der Waals surface area contributed by atoms with Crippen LogP contribution in [0, 0.1) is 5.92 Å². The van der Waals surface area contributed by atoms with Crippen LogP contribution in [0.2, 0.25) is 0 Å². The number of halogens is 1. The van der Waals surface area contributed by atoms with E-state index in [4.69, 9.17) is 5.73 Å². The number of nitrogen functional groups attached to an aromatic ring is 1. The third-order valence-corrected chi connectivity index (χ3v) is 4.13. The molecule has 2 aromatic rings. The second-order valence-corrected chi connectivity index (χ2v) is 6.39. The first-order valence-corrected chi connectivity index (χ1v) is 7.53. The van der Waals surface area contributed by atoms with E-state index in [1.807, 2.05) is 12.1 Å². The second-order valence-electron chi connectivity index (χ2n) is 5.47. The maximum Gasteiger partial charge on any atom is 0.0743 e. The molecule has 1 unspecified atom stereocenters. The van der Waals surface area contributed by atoms with Crippen molar-refractivity contribution in [1.29, 1.82) is 0 Å². The Balaban J connectivity index is 1.95. The van der Waals surface area contributed by atoms with Gasteiger partial charge in [0.25, 0.3) is 0 Å². The van der Waals surface area contributed by atoms with E-state index in [1.54, 1.807) is 6.20 Å². The van der Waals surface area contributed by atoms with E-state index in [9.17, 15) is 0 Å². The fourth-order valence-corrected chi connectivity index (χ4v) is 2.86. The first-order chi connectivity index (χ1) is 9.13. The fraction of sp³-hybridized carbons (Fsp3) is 0.400. The lowest BCUT2D eigenvalue weighted by molar-refractivity contribution is 0.643. The zero-order valence-corrected chi connectivity index (χ0v) is 12.6. The molecule has 0 spiro atoms. The highest BCUT2D eigenvalue weighted by Crippen LogP contribution is 2.36. The highest BCUT2D eigenvalue weighted by Gasteiger charge is 2.24. The smallest absolute Gasteiger partial charge is 0.0743 e. The Morgan fingerprint density at radius 2 is 2.26 bits per heavy atom. The molecular weight excluding hydrogens is 302 g/mol. The van der Waals surface area contributed by atoms with Crippen molar-refractivity contribution in [2.45, 2.75) is 32.2 Å². The van der Waals surface area contributed by atoms with Crippen LogP contribution >= 0.6 is 15.9 Å². The van der Waals surface area contributed by atoms with E-state index in [0.717, 1.165) is 27.0 Å². The lowest BCUT2D eigenvalue weighted by Crippen LogP contribution is -2.17. The molecule has 1 saturated carbocycles. The van der Waals surface area contributed by atoms with Crippen molar-refractivity contribution < 1.29 is 0 Å². The molecule has 1 fully saturated rings. The molecule has 0 amide bonds. The summed E-state index contributed by atoms with van der Waals surface area (Å²) in [6.07, 6.45) is 5.72. The van der Waals surface area contributed by atoms with E-state index >= 15 is 0 Å². The highest BCUT2D eigenvalue weighted by atomic mass is 79.9. The number of nitrogens with one attached hydrogen (secondary N) is 1. The molecule has 3 N–H and O–H groups in total. The van der Waals surface area contributed by atoms with Crippen LogP contribution in [-0.2, 0) is 0 Å². The molecule has 4 heteroatoms. The van der Waals surface area contributed by atoms with Crippen LogP contribution in [0.3, 0.4) is 0 Å². The summed E-state index contributed by atoms with van der Waals surface area (Å²) in [7, 11) is 0. The van der Waals surface area contributed by atoms with Gasteiger partial charge in [0.1, 0.15) is 0 Å². The predicted octanol–water partition coefficient (Wildman–Crippen LogP) is 4.18. The minimum Gasteiger partial charge on any atom is -0.396 e. The topological polar surface area (TPSA) is 50.9 Å². The number of anilines is 2. The van der Waals surface area contributed by atoms with Gasteiger partial charge in [0.2, 0.25) is 0 Å². The average molecular weight is 320 g/mol. The van der Waals surface area contributed by atoms with E-state index in [1.165, 1.54) is 19.3 Å². The molecule has 3 rings (SSSR count). The van der Waals surface area contributed by atoms with Gasteiger partial charge in [-0.1, -0.05) is 28.8 Å². The first-order valence-electron chi connectivity index (χ1n) is 6.74. The van der Waals surface area contributed by atoms with Gasteiger partial charge < -0.3 is 11.1 Å². The summed E-state index contributed by atoms with van der Waals surface area (Å²) >= 11 is 3.51. The standard InChI is InChI=1S/C15H18BrN3/c1-9(6-10-2-3-10)19-15-12-7-11(16)4-5-14(12)18-8-13(15)17/h4-5,7-10H,2-3,6,17H2,1H3,(H,18,19). The Kier molecular flexibility index (Phi) is 3.35. The Morgan fingerprint density at radius 1 is 1.47 bits per heavy atom. The molecular formula is C15H18BrN3. The molecule has 3 nitrogen and oxygen atoms in total. The van der Waals surface area contributed by atoms with E-state index in [0.29, 0.717) is 11.7 Å². The van der Waals surface area contributed by atoms with Crippen LogP contribution < -0.4 is 11.1 Å². The summed E-state index contributed by atoms with van der Waals surface area (Å²) < 4.78 is 1.05. The number of hydrogen-bond donors (Lipinski definition) is 2. The van der Waals surface area contributed by atoms with Gasteiger partial charge in [0.05, 0.1) is 23.1 Å². The molecule has 1 aliphatic rings. The molecule has 0 bridgehead atoms. The molecule has 0 saturated heterocycles. The summed E-state index contributed by atoms with van der Waals surface area (Å²) in [5, 5.41) is 4.65. The van der Waals surface area contributed by atoms with Crippen LogP contribution in [0.25, 0.3) is 10.9 Å². The number of rotatable bonds is 4. The van der Waals surface area contributed by atoms with Crippen LogP contribution in [-0.4, -0.2) is 11.0 Å². The van der Waals surface area contributed by atoms with Crippen LogP contribution in [0.4, 0.5) is 11.4 Å². The molecule has 1 heterocycles. The van der Waals surface area contributed by atoms with Crippen molar-refractivity contribution in [2.24, 2.45) is 5.92 Å². The Hall–Kier alpha value is -1.29. The predicted molar refractivity (Wildman–Crippen MR) is 84.3 cm³/mol. The van der Waals surface area contributed by atoms with Gasteiger partial charge in [-0.15, -0.1) is 0 Å². The molecule has 100 valence electrons. The highest BCUT2D eigenvalue weighted by molar-refractivity contribution is 9.10. The van der Waals surface area contributed by atoms with Crippen molar-refractivity contribution in [3.63, 3.8) is 0 Å². The molecule has 19 heavy (non-hydrogen) atoms. The van der Waals surface area contributed by atoms with Crippen molar-refractivity contribution in [3.05, 3.63) is 28.9 Å². The van der Waals surface area contributed by atoms with Crippen molar-refractivity contribution >= 4 is 38.2 Å². The first kappa shape index (κ1) is 12.7. The number of aromatic nitrogens is 1. The molecule has 1 atom stereocenters. The molecule has 1 aromatic carbocycles. The maximum absolute atomic E-state index is 6.09. The average Bonchev–Trinajstić information content (AvgIpc) is 3.17. The number of pyridine rings is 1. The van der Waals surface area contributed by atoms with Gasteiger partial charge in [0.15, 0.2) is 0 Å².